The third-order valence-electron chi connectivity index (χ3n) is 5.17. The van der Waals surface area contributed by atoms with Crippen molar-refractivity contribution < 1.29 is 22.4 Å². The summed E-state index contributed by atoms with van der Waals surface area (Å²) < 4.78 is 36.8. The van der Waals surface area contributed by atoms with Gasteiger partial charge in [-0.2, -0.15) is 4.31 Å². The van der Waals surface area contributed by atoms with Crippen molar-refractivity contribution >= 4 is 15.9 Å². The molecule has 0 saturated carbocycles. The highest BCUT2D eigenvalue weighted by Gasteiger charge is 2.52. The van der Waals surface area contributed by atoms with Crippen LogP contribution in [-0.2, 0) is 14.8 Å². The fourth-order valence-electron chi connectivity index (χ4n) is 4.17. The number of carbonyl (C=O) groups excluding carboxylic acids is 1. The van der Waals surface area contributed by atoms with Gasteiger partial charge >= 0.3 is 0 Å². The van der Waals surface area contributed by atoms with Gasteiger partial charge in [0.15, 0.2) is 5.76 Å². The zero-order valence-electron chi connectivity index (χ0n) is 14.1. The van der Waals surface area contributed by atoms with Crippen molar-refractivity contribution in [1.82, 2.24) is 9.21 Å². The van der Waals surface area contributed by atoms with E-state index in [9.17, 15) is 13.2 Å². The first-order valence-electron chi connectivity index (χ1n) is 8.19. The largest absolute Gasteiger partial charge is 0.459 e. The molecule has 3 heterocycles. The van der Waals surface area contributed by atoms with Gasteiger partial charge < -0.3 is 14.1 Å². The smallest absolute Gasteiger partial charge is 0.289 e. The molecule has 2 fully saturated rings. The topological polar surface area (TPSA) is 80.1 Å². The monoisotopic (exact) mass is 356 g/mol. The second-order valence-corrected chi connectivity index (χ2v) is 8.56. The number of furan rings is 1. The van der Waals surface area contributed by atoms with Gasteiger partial charge in [-0.15, -0.1) is 0 Å². The summed E-state index contributed by atoms with van der Waals surface area (Å²) in [4.78, 5) is 14.1. The molecule has 0 aromatic carbocycles. The Bertz CT molecular complexity index is 677. The standard InChI is InChI=1S/C16H24N2O5S/c1-22-12-13-5-6-16(18(13)24(2,20)21)7-9-17(10-8-16)15(19)14-4-3-11-23-14/h3-4,11,13H,5-10,12H2,1-2H3/t13-/m0/s1. The molecule has 0 N–H and O–H groups in total. The first-order valence-corrected chi connectivity index (χ1v) is 10.0. The summed E-state index contributed by atoms with van der Waals surface area (Å²) in [5.41, 5.74) is -0.392. The third kappa shape index (κ3) is 3.10. The Kier molecular flexibility index (Phi) is 4.72. The van der Waals surface area contributed by atoms with E-state index in [1.54, 1.807) is 28.4 Å². The van der Waals surface area contributed by atoms with Crippen LogP contribution in [-0.4, -0.2) is 68.2 Å². The number of ether oxygens (including phenoxy) is 1. The van der Waals surface area contributed by atoms with Gasteiger partial charge in [0, 0.05) is 31.8 Å². The normalized spacial score (nSPS) is 24.6. The molecule has 0 radical (unpaired) electrons. The molecule has 2 saturated heterocycles. The Hall–Kier alpha value is -1.38. The molecule has 24 heavy (non-hydrogen) atoms. The van der Waals surface area contributed by atoms with Crippen molar-refractivity contribution in [2.24, 2.45) is 0 Å². The molecule has 0 bridgehead atoms. The van der Waals surface area contributed by atoms with Gasteiger partial charge in [0.05, 0.1) is 19.1 Å². The van der Waals surface area contributed by atoms with Crippen LogP contribution in [0.25, 0.3) is 0 Å². The minimum Gasteiger partial charge on any atom is -0.459 e. The number of nitrogens with zero attached hydrogens (tertiary/aromatic N) is 2. The molecule has 2 aliphatic rings. The van der Waals surface area contributed by atoms with Gasteiger partial charge in [0.1, 0.15) is 0 Å². The van der Waals surface area contributed by atoms with Crippen molar-refractivity contribution in [3.05, 3.63) is 24.2 Å². The van der Waals surface area contributed by atoms with Crippen molar-refractivity contribution in [1.29, 1.82) is 0 Å². The number of amides is 1. The molecular weight excluding hydrogens is 332 g/mol. The molecule has 8 heteroatoms. The SMILES string of the molecule is COC[C@@H]1CCC2(CCN(C(=O)c3ccco3)CC2)N1S(C)(=O)=O. The van der Waals surface area contributed by atoms with Crippen molar-refractivity contribution in [3.63, 3.8) is 0 Å². The second kappa shape index (κ2) is 6.50. The molecule has 1 aromatic rings. The molecule has 1 spiro atoms. The average Bonchev–Trinajstić information content (AvgIpc) is 3.16. The fraction of sp³-hybridized carbons (Fsp3) is 0.688. The second-order valence-electron chi connectivity index (χ2n) is 6.70. The highest BCUT2D eigenvalue weighted by atomic mass is 32.2. The Morgan fingerprint density at radius 1 is 1.38 bits per heavy atom. The van der Waals surface area contributed by atoms with Crippen LogP contribution in [0.2, 0.25) is 0 Å². The van der Waals surface area contributed by atoms with Crippen LogP contribution in [0.15, 0.2) is 22.8 Å². The molecule has 3 rings (SSSR count). The zero-order chi connectivity index (χ0) is 17.4. The van der Waals surface area contributed by atoms with E-state index in [-0.39, 0.29) is 11.9 Å². The quantitative estimate of drug-likeness (QED) is 0.813. The van der Waals surface area contributed by atoms with Gasteiger partial charge in [-0.3, -0.25) is 4.79 Å². The highest BCUT2D eigenvalue weighted by Crippen LogP contribution is 2.43. The van der Waals surface area contributed by atoms with E-state index >= 15 is 0 Å². The number of carbonyl (C=O) groups is 1. The zero-order valence-corrected chi connectivity index (χ0v) is 14.9. The van der Waals surface area contributed by atoms with Gasteiger partial charge in [-0.25, -0.2) is 8.42 Å². The fourth-order valence-corrected chi connectivity index (χ4v) is 5.85. The Morgan fingerprint density at radius 3 is 2.62 bits per heavy atom. The van der Waals surface area contributed by atoms with Gasteiger partial charge in [-0.1, -0.05) is 0 Å². The summed E-state index contributed by atoms with van der Waals surface area (Å²) in [5, 5.41) is 0. The maximum absolute atomic E-state index is 12.4. The Balaban J connectivity index is 1.75. The van der Waals surface area contributed by atoms with Crippen LogP contribution in [0.4, 0.5) is 0 Å². The van der Waals surface area contributed by atoms with Crippen LogP contribution in [0.1, 0.15) is 36.2 Å². The highest BCUT2D eigenvalue weighted by molar-refractivity contribution is 7.88. The summed E-state index contributed by atoms with van der Waals surface area (Å²) >= 11 is 0. The number of methoxy groups -OCH3 is 1. The number of piperidine rings is 1. The predicted molar refractivity (Wildman–Crippen MR) is 88.2 cm³/mol. The Labute approximate surface area is 142 Å². The van der Waals surface area contributed by atoms with Gasteiger partial charge in [0.25, 0.3) is 5.91 Å². The van der Waals surface area contributed by atoms with E-state index in [1.807, 2.05) is 0 Å². The molecule has 1 atom stereocenters. The number of likely N-dealkylation sites (tertiary alicyclic amines) is 1. The van der Waals surface area contributed by atoms with E-state index in [4.69, 9.17) is 9.15 Å². The van der Waals surface area contributed by atoms with Crippen LogP contribution < -0.4 is 0 Å². The number of sulfonamides is 1. The summed E-state index contributed by atoms with van der Waals surface area (Å²) in [6.07, 6.45) is 5.66. The first-order chi connectivity index (χ1) is 11.4. The van der Waals surface area contributed by atoms with Crippen LogP contribution in [0.3, 0.4) is 0 Å². The van der Waals surface area contributed by atoms with Gasteiger partial charge in [0.2, 0.25) is 10.0 Å². The molecular formula is C16H24N2O5S. The maximum atomic E-state index is 12.4. The molecule has 7 nitrogen and oxygen atoms in total. The third-order valence-corrected chi connectivity index (χ3v) is 6.57. The van der Waals surface area contributed by atoms with Crippen LogP contribution >= 0.6 is 0 Å². The van der Waals surface area contributed by atoms with E-state index in [0.29, 0.717) is 38.3 Å². The van der Waals surface area contributed by atoms with E-state index < -0.39 is 15.6 Å². The minimum atomic E-state index is -3.33. The van der Waals surface area contributed by atoms with Crippen LogP contribution in [0.5, 0.6) is 0 Å². The van der Waals surface area contributed by atoms with E-state index in [1.165, 1.54) is 12.5 Å². The summed E-state index contributed by atoms with van der Waals surface area (Å²) in [6, 6.07) is 3.23. The lowest BCUT2D eigenvalue weighted by atomic mass is 9.86. The summed E-state index contributed by atoms with van der Waals surface area (Å²) in [7, 11) is -1.74. The van der Waals surface area contributed by atoms with E-state index in [0.717, 1.165) is 12.8 Å². The first kappa shape index (κ1) is 17.4. The van der Waals surface area contributed by atoms with Gasteiger partial charge in [-0.05, 0) is 37.8 Å². The summed E-state index contributed by atoms with van der Waals surface area (Å²) in [6.45, 7) is 1.47. The van der Waals surface area contributed by atoms with Crippen LogP contribution in [0, 0.1) is 0 Å². The molecule has 1 amide bonds. The lowest BCUT2D eigenvalue weighted by molar-refractivity contribution is 0.0481. The lowest BCUT2D eigenvalue weighted by Gasteiger charge is -2.45. The maximum Gasteiger partial charge on any atom is 0.289 e. The van der Waals surface area contributed by atoms with Crippen molar-refractivity contribution in [2.75, 3.05) is 33.1 Å². The molecule has 2 aliphatic heterocycles. The summed E-state index contributed by atoms with van der Waals surface area (Å²) in [5.74, 6) is 0.196. The van der Waals surface area contributed by atoms with Crippen molar-refractivity contribution in [3.8, 4) is 0 Å². The molecule has 134 valence electrons. The molecule has 0 unspecified atom stereocenters. The van der Waals surface area contributed by atoms with E-state index in [2.05, 4.69) is 0 Å². The number of rotatable bonds is 4. The molecule has 1 aromatic heterocycles. The average molecular weight is 356 g/mol. The molecule has 0 aliphatic carbocycles. The van der Waals surface area contributed by atoms with Crippen molar-refractivity contribution in [2.45, 2.75) is 37.3 Å². The number of hydrogen-bond acceptors (Lipinski definition) is 5. The minimum absolute atomic E-state index is 0.114. The predicted octanol–water partition coefficient (Wildman–Crippen LogP) is 1.32. The lowest BCUT2D eigenvalue weighted by Crippen LogP contribution is -2.57. The number of hydrogen-bond donors (Lipinski definition) is 0. The Morgan fingerprint density at radius 2 is 2.08 bits per heavy atom.